The Morgan fingerprint density at radius 3 is 2.45 bits per heavy atom. The van der Waals surface area contributed by atoms with Crippen LogP contribution in [-0.2, 0) is 17.8 Å². The summed E-state index contributed by atoms with van der Waals surface area (Å²) in [6.07, 6.45) is 1.96. The minimum atomic E-state index is 0.0130. The highest BCUT2D eigenvalue weighted by atomic mass is 32.1. The summed E-state index contributed by atoms with van der Waals surface area (Å²) in [5.41, 5.74) is 6.69. The second-order valence-corrected chi connectivity index (χ2v) is 8.51. The van der Waals surface area contributed by atoms with Crippen molar-refractivity contribution in [3.8, 4) is 0 Å². The van der Waals surface area contributed by atoms with Gasteiger partial charge in [0.2, 0.25) is 5.91 Å². The summed E-state index contributed by atoms with van der Waals surface area (Å²) in [5, 5.41) is 0.711. The maximum Gasteiger partial charge on any atom is 0.233 e. The Bertz CT molecular complexity index is 1140. The van der Waals surface area contributed by atoms with Gasteiger partial charge in [-0.25, -0.2) is 4.98 Å². The molecule has 0 aliphatic carbocycles. The van der Waals surface area contributed by atoms with E-state index in [9.17, 15) is 4.79 Å². The van der Waals surface area contributed by atoms with Crippen LogP contribution in [0.1, 0.15) is 33.6 Å². The van der Waals surface area contributed by atoms with Crippen LogP contribution < -0.4 is 4.90 Å². The predicted octanol–water partition coefficient (Wildman–Crippen LogP) is 5.90. The number of rotatable bonds is 5. The first kappa shape index (κ1) is 19.4. The Hall–Kier alpha value is -2.92. The molecule has 4 rings (SSSR count). The maximum absolute atomic E-state index is 13.3. The lowest BCUT2D eigenvalue weighted by atomic mass is 10.0. The molecule has 0 N–H and O–H groups in total. The Morgan fingerprint density at radius 2 is 1.76 bits per heavy atom. The fourth-order valence-electron chi connectivity index (χ4n) is 3.37. The molecule has 0 bridgehead atoms. The second-order valence-electron chi connectivity index (χ2n) is 7.53. The fourth-order valence-corrected chi connectivity index (χ4v) is 4.50. The number of aryl methyl sites for hydroxylation is 4. The smallest absolute Gasteiger partial charge is 0.233 e. The van der Waals surface area contributed by atoms with E-state index in [2.05, 4.69) is 52.0 Å². The zero-order valence-corrected chi connectivity index (χ0v) is 18.0. The monoisotopic (exact) mass is 404 g/mol. The first-order valence-electron chi connectivity index (χ1n) is 9.68. The van der Waals surface area contributed by atoms with E-state index < -0.39 is 0 Å². The van der Waals surface area contributed by atoms with Crippen LogP contribution in [0.25, 0.3) is 10.2 Å². The third-order valence-electron chi connectivity index (χ3n) is 5.28. The van der Waals surface area contributed by atoms with E-state index in [0.29, 0.717) is 18.1 Å². The lowest BCUT2D eigenvalue weighted by Crippen LogP contribution is -2.31. The lowest BCUT2D eigenvalue weighted by Gasteiger charge is -2.19. The van der Waals surface area contributed by atoms with Gasteiger partial charge in [-0.3, -0.25) is 9.69 Å². The summed E-state index contributed by atoms with van der Waals surface area (Å²) in [4.78, 5) is 19.9. The highest BCUT2D eigenvalue weighted by Crippen LogP contribution is 2.34. The van der Waals surface area contributed by atoms with Gasteiger partial charge < -0.3 is 4.42 Å². The Kier molecular flexibility index (Phi) is 5.24. The summed E-state index contributed by atoms with van der Waals surface area (Å²) in [5.74, 6) is 0.755. The molecule has 148 valence electrons. The lowest BCUT2D eigenvalue weighted by molar-refractivity contribution is -0.118. The number of hydrogen-bond donors (Lipinski definition) is 0. The van der Waals surface area contributed by atoms with E-state index in [-0.39, 0.29) is 5.91 Å². The third kappa shape index (κ3) is 3.96. The Labute approximate surface area is 174 Å². The van der Waals surface area contributed by atoms with E-state index in [0.717, 1.165) is 27.1 Å². The zero-order chi connectivity index (χ0) is 20.5. The van der Waals surface area contributed by atoms with Crippen LogP contribution in [0.4, 0.5) is 5.13 Å². The van der Waals surface area contributed by atoms with Gasteiger partial charge in [-0.2, -0.15) is 0 Å². The number of benzene rings is 2. The molecule has 5 heteroatoms. The number of furan rings is 1. The van der Waals surface area contributed by atoms with E-state index >= 15 is 0 Å². The molecule has 29 heavy (non-hydrogen) atoms. The van der Waals surface area contributed by atoms with Gasteiger partial charge in [-0.05, 0) is 67.6 Å². The molecule has 1 amide bonds. The second kappa shape index (κ2) is 7.84. The number of hydrogen-bond acceptors (Lipinski definition) is 4. The van der Waals surface area contributed by atoms with Gasteiger partial charge in [-0.1, -0.05) is 41.7 Å². The number of fused-ring (bicyclic) bond motifs is 1. The molecule has 4 nitrogen and oxygen atoms in total. The minimum Gasteiger partial charge on any atom is -0.467 e. The highest BCUT2D eigenvalue weighted by molar-refractivity contribution is 7.22. The molecule has 0 aliphatic rings. The van der Waals surface area contributed by atoms with Gasteiger partial charge in [0.1, 0.15) is 5.76 Å². The molecule has 4 aromatic rings. The number of anilines is 1. The third-order valence-corrected chi connectivity index (χ3v) is 6.50. The van der Waals surface area contributed by atoms with Crippen molar-refractivity contribution in [1.29, 1.82) is 0 Å². The van der Waals surface area contributed by atoms with Crippen molar-refractivity contribution in [3.63, 3.8) is 0 Å². The summed E-state index contributed by atoms with van der Waals surface area (Å²) < 4.78 is 6.65. The normalized spacial score (nSPS) is 11.2. The SMILES string of the molecule is Cc1ccc(CC(=O)N(Cc2ccco2)c2nc3c(C)ccc(C)c3s2)cc1C. The summed E-state index contributed by atoms with van der Waals surface area (Å²) in [6.45, 7) is 8.66. The molecule has 0 aliphatic heterocycles. The number of nitrogens with zero attached hydrogens (tertiary/aromatic N) is 2. The average molecular weight is 405 g/mol. The van der Waals surface area contributed by atoms with Gasteiger partial charge in [0, 0.05) is 0 Å². The van der Waals surface area contributed by atoms with Crippen LogP contribution in [-0.4, -0.2) is 10.9 Å². The van der Waals surface area contributed by atoms with Gasteiger partial charge in [0.25, 0.3) is 0 Å². The van der Waals surface area contributed by atoms with Crippen LogP contribution in [0.5, 0.6) is 0 Å². The van der Waals surface area contributed by atoms with E-state index in [1.807, 2.05) is 18.2 Å². The van der Waals surface area contributed by atoms with E-state index in [4.69, 9.17) is 9.40 Å². The molecule has 0 atom stereocenters. The zero-order valence-electron chi connectivity index (χ0n) is 17.2. The Morgan fingerprint density at radius 1 is 1.00 bits per heavy atom. The molecule has 0 unspecified atom stereocenters. The molecule has 2 aromatic carbocycles. The van der Waals surface area contributed by atoms with Crippen molar-refractivity contribution in [3.05, 3.63) is 82.3 Å². The number of amides is 1. The number of carbonyl (C=O) groups is 1. The van der Waals surface area contributed by atoms with Crippen molar-refractivity contribution < 1.29 is 9.21 Å². The number of aromatic nitrogens is 1. The molecule has 0 spiro atoms. The molecular weight excluding hydrogens is 380 g/mol. The van der Waals surface area contributed by atoms with Crippen molar-refractivity contribution in [2.45, 2.75) is 40.7 Å². The maximum atomic E-state index is 13.3. The fraction of sp³-hybridized carbons (Fsp3) is 0.250. The number of thiazole rings is 1. The first-order valence-corrected chi connectivity index (χ1v) is 10.5. The van der Waals surface area contributed by atoms with Crippen LogP contribution >= 0.6 is 11.3 Å². The van der Waals surface area contributed by atoms with Gasteiger partial charge in [0.05, 0.1) is 29.4 Å². The molecular formula is C24H24N2O2S. The van der Waals surface area contributed by atoms with E-state index in [1.165, 1.54) is 16.7 Å². The van der Waals surface area contributed by atoms with Crippen LogP contribution in [0.15, 0.2) is 53.1 Å². The molecule has 0 saturated carbocycles. The van der Waals surface area contributed by atoms with Crippen molar-refractivity contribution >= 4 is 32.6 Å². The van der Waals surface area contributed by atoms with Gasteiger partial charge in [-0.15, -0.1) is 0 Å². The quantitative estimate of drug-likeness (QED) is 0.416. The number of carbonyl (C=O) groups excluding carboxylic acids is 1. The molecule has 0 fully saturated rings. The first-order chi connectivity index (χ1) is 13.9. The van der Waals surface area contributed by atoms with Crippen LogP contribution in [0, 0.1) is 27.7 Å². The standard InChI is InChI=1S/C24H24N2O2S/c1-15-9-10-19(12-18(15)4)13-21(27)26(14-20-6-5-11-28-20)24-25-22-16(2)7-8-17(3)23(22)29-24/h5-12H,13-14H2,1-4H3. The summed E-state index contributed by atoms with van der Waals surface area (Å²) >= 11 is 1.56. The van der Waals surface area contributed by atoms with Crippen LogP contribution in [0.2, 0.25) is 0 Å². The summed E-state index contributed by atoms with van der Waals surface area (Å²) in [7, 11) is 0. The van der Waals surface area contributed by atoms with Crippen molar-refractivity contribution in [1.82, 2.24) is 4.98 Å². The van der Waals surface area contributed by atoms with Gasteiger partial charge >= 0.3 is 0 Å². The largest absolute Gasteiger partial charge is 0.467 e. The van der Waals surface area contributed by atoms with Crippen molar-refractivity contribution in [2.75, 3.05) is 4.90 Å². The topological polar surface area (TPSA) is 46.3 Å². The van der Waals surface area contributed by atoms with Crippen LogP contribution in [0.3, 0.4) is 0 Å². The average Bonchev–Trinajstić information content (AvgIpc) is 3.36. The van der Waals surface area contributed by atoms with E-state index in [1.54, 1.807) is 22.5 Å². The molecule has 2 heterocycles. The summed E-state index contributed by atoms with van der Waals surface area (Å²) in [6, 6.07) is 14.1. The predicted molar refractivity (Wildman–Crippen MR) is 119 cm³/mol. The minimum absolute atomic E-state index is 0.0130. The highest BCUT2D eigenvalue weighted by Gasteiger charge is 2.22. The Balaban J connectivity index is 1.71. The van der Waals surface area contributed by atoms with Crippen molar-refractivity contribution in [2.24, 2.45) is 0 Å². The molecule has 0 saturated heterocycles. The molecule has 2 aromatic heterocycles. The van der Waals surface area contributed by atoms with Gasteiger partial charge in [0.15, 0.2) is 5.13 Å². The molecule has 0 radical (unpaired) electrons.